The van der Waals surface area contributed by atoms with Crippen molar-refractivity contribution in [1.82, 2.24) is 0 Å². The quantitative estimate of drug-likeness (QED) is 0.0765. The molecule has 4 N–H and O–H groups in total. The van der Waals surface area contributed by atoms with Gasteiger partial charge in [-0.2, -0.15) is 0 Å². The second kappa shape index (κ2) is 18.4. The summed E-state index contributed by atoms with van der Waals surface area (Å²) in [5.74, 6) is 0. The summed E-state index contributed by atoms with van der Waals surface area (Å²) in [6.45, 7) is 10.4. The fourth-order valence-corrected chi connectivity index (χ4v) is 5.54. The third kappa shape index (κ3) is 18.1. The summed E-state index contributed by atoms with van der Waals surface area (Å²) in [6, 6.07) is 0. The molecule has 11 heteroatoms. The van der Waals surface area contributed by atoms with Crippen LogP contribution in [0.1, 0.15) is 118 Å². The monoisotopic (exact) mass is 546 g/mol. The van der Waals surface area contributed by atoms with E-state index in [1.54, 1.807) is 0 Å². The van der Waals surface area contributed by atoms with Gasteiger partial charge in [-0.1, -0.05) is 72.6 Å². The molecule has 0 aliphatic heterocycles. The molecule has 0 spiro atoms. The number of ether oxygens (including phenoxy) is 1. The maximum atomic E-state index is 10.9. The van der Waals surface area contributed by atoms with E-state index in [1.807, 2.05) is 0 Å². The highest BCUT2D eigenvalue weighted by Gasteiger charge is 2.27. The van der Waals surface area contributed by atoms with Crippen molar-refractivity contribution in [2.45, 2.75) is 118 Å². The van der Waals surface area contributed by atoms with Crippen LogP contribution in [0.2, 0.25) is 0 Å². The van der Waals surface area contributed by atoms with E-state index in [2.05, 4.69) is 36.7 Å². The van der Waals surface area contributed by atoms with E-state index in [0.29, 0.717) is 12.8 Å². The van der Waals surface area contributed by atoms with Crippen LogP contribution in [0.3, 0.4) is 0 Å². The minimum absolute atomic E-state index is 0.0563. The molecule has 0 aromatic heterocycles. The fourth-order valence-electron chi connectivity index (χ4n) is 4.84. The van der Waals surface area contributed by atoms with E-state index in [0.717, 1.165) is 90.3 Å². The van der Waals surface area contributed by atoms with Crippen LogP contribution < -0.4 is 0 Å². The van der Waals surface area contributed by atoms with Crippen LogP contribution in [-0.2, 0) is 22.9 Å². The zero-order chi connectivity index (χ0) is 26.8. The van der Waals surface area contributed by atoms with E-state index in [4.69, 9.17) is 24.3 Å². The molecule has 212 valence electrons. The van der Waals surface area contributed by atoms with Gasteiger partial charge < -0.3 is 24.3 Å². The predicted molar refractivity (Wildman–Crippen MR) is 139 cm³/mol. The van der Waals surface area contributed by atoms with E-state index in [1.165, 1.54) is 0 Å². The molecule has 0 aromatic carbocycles. The molecule has 0 bridgehead atoms. The van der Waals surface area contributed by atoms with Crippen LogP contribution >= 0.6 is 15.6 Å². The highest BCUT2D eigenvalue weighted by Crippen LogP contribution is 2.41. The second-order valence-electron chi connectivity index (χ2n) is 9.80. The Labute approximate surface area is 213 Å². The number of hydrogen-bond donors (Lipinski definition) is 4. The van der Waals surface area contributed by atoms with Crippen molar-refractivity contribution in [2.75, 3.05) is 26.4 Å². The lowest BCUT2D eigenvalue weighted by Crippen LogP contribution is -2.21. The lowest BCUT2D eigenvalue weighted by molar-refractivity contribution is 0.108. The summed E-state index contributed by atoms with van der Waals surface area (Å²) in [6.07, 6.45) is 13.6. The third-order valence-electron chi connectivity index (χ3n) is 7.74. The Morgan fingerprint density at radius 3 is 1.23 bits per heavy atom. The molecule has 0 radical (unpaired) electrons. The van der Waals surface area contributed by atoms with E-state index >= 15 is 0 Å². The topological polar surface area (TPSA) is 143 Å². The molecule has 0 aliphatic rings. The standard InChI is InChI=1S/C24H52O9P2/c1-5-23(6-2,16-11-14-21-32-34(25,26)27)15-9-12-19-31-20-13-10-17-24(7-3,8-4)18-22-33-35(28,29)30/h5-22H2,1-4H3,(H2,25,26,27)(H2,28,29,30). The maximum absolute atomic E-state index is 10.9. The molecular formula is C24H52O9P2. The Kier molecular flexibility index (Phi) is 18.5. The molecule has 0 saturated carbocycles. The molecule has 0 aromatic rings. The van der Waals surface area contributed by atoms with Crippen LogP contribution in [0, 0.1) is 10.8 Å². The van der Waals surface area contributed by atoms with Crippen molar-refractivity contribution in [1.29, 1.82) is 0 Å². The highest BCUT2D eigenvalue weighted by molar-refractivity contribution is 7.46. The van der Waals surface area contributed by atoms with Crippen LogP contribution in [0.15, 0.2) is 0 Å². The fraction of sp³-hybridized carbons (Fsp3) is 1.00. The molecule has 0 aliphatic carbocycles. The van der Waals surface area contributed by atoms with Gasteiger partial charge >= 0.3 is 15.6 Å². The van der Waals surface area contributed by atoms with Gasteiger partial charge in [0.2, 0.25) is 0 Å². The number of phosphoric ester groups is 2. The van der Waals surface area contributed by atoms with Crippen molar-refractivity contribution < 1.29 is 42.5 Å². The van der Waals surface area contributed by atoms with Crippen molar-refractivity contribution in [3.05, 3.63) is 0 Å². The second-order valence-corrected chi connectivity index (χ2v) is 12.3. The highest BCUT2D eigenvalue weighted by atomic mass is 31.2. The average Bonchev–Trinajstić information content (AvgIpc) is 2.79. The first-order valence-corrected chi connectivity index (χ1v) is 16.4. The summed E-state index contributed by atoms with van der Waals surface area (Å²) in [5, 5.41) is 0. The van der Waals surface area contributed by atoms with Crippen molar-refractivity contribution >= 4 is 15.6 Å². The number of unbranched alkanes of at least 4 members (excludes halogenated alkanes) is 3. The first kappa shape index (κ1) is 35.2. The summed E-state index contributed by atoms with van der Waals surface area (Å²) < 4.78 is 36.7. The average molecular weight is 547 g/mol. The van der Waals surface area contributed by atoms with Crippen LogP contribution in [0.5, 0.6) is 0 Å². The molecular weight excluding hydrogens is 494 g/mol. The Balaban J connectivity index is 4.07. The van der Waals surface area contributed by atoms with Crippen molar-refractivity contribution in [3.63, 3.8) is 0 Å². The Hall–Kier alpha value is 0.180. The van der Waals surface area contributed by atoms with Gasteiger partial charge in [0.05, 0.1) is 13.2 Å². The normalized spacial score (nSPS) is 13.5. The largest absolute Gasteiger partial charge is 0.469 e. The summed E-state index contributed by atoms with van der Waals surface area (Å²) in [7, 11) is -8.77. The molecule has 0 heterocycles. The molecule has 9 nitrogen and oxygen atoms in total. The van der Waals surface area contributed by atoms with E-state index in [9.17, 15) is 9.13 Å². The Bertz CT molecular complexity index is 610. The molecule has 0 amide bonds. The number of rotatable bonds is 24. The summed E-state index contributed by atoms with van der Waals surface area (Å²) in [4.78, 5) is 35.3. The minimum atomic E-state index is -4.40. The number of hydrogen-bond acceptors (Lipinski definition) is 5. The van der Waals surface area contributed by atoms with Crippen LogP contribution in [-0.4, -0.2) is 46.0 Å². The van der Waals surface area contributed by atoms with Gasteiger partial charge in [-0.3, -0.25) is 9.05 Å². The van der Waals surface area contributed by atoms with E-state index in [-0.39, 0.29) is 24.0 Å². The molecule has 0 rings (SSSR count). The van der Waals surface area contributed by atoms with Crippen LogP contribution in [0.25, 0.3) is 0 Å². The van der Waals surface area contributed by atoms with Gasteiger partial charge in [0.15, 0.2) is 0 Å². The zero-order valence-electron chi connectivity index (χ0n) is 22.5. The van der Waals surface area contributed by atoms with Gasteiger partial charge in [0.25, 0.3) is 0 Å². The zero-order valence-corrected chi connectivity index (χ0v) is 24.2. The van der Waals surface area contributed by atoms with Gasteiger partial charge in [-0.15, -0.1) is 0 Å². The SMILES string of the molecule is CCC(CC)(CCCCOCCCCC(CC)(CC)CCOP(=O)(O)O)CCCCOP(=O)(O)O. The first-order valence-electron chi connectivity index (χ1n) is 13.3. The molecule has 0 atom stereocenters. The van der Waals surface area contributed by atoms with Gasteiger partial charge in [0.1, 0.15) is 0 Å². The minimum Gasteiger partial charge on any atom is -0.381 e. The predicted octanol–water partition coefficient (Wildman–Crippen LogP) is 6.74. The summed E-state index contributed by atoms with van der Waals surface area (Å²) in [5.41, 5.74) is 0.329. The van der Waals surface area contributed by atoms with Crippen LogP contribution in [0.4, 0.5) is 0 Å². The maximum Gasteiger partial charge on any atom is 0.469 e. The molecule has 0 fully saturated rings. The third-order valence-corrected chi connectivity index (χ3v) is 8.78. The summed E-state index contributed by atoms with van der Waals surface area (Å²) >= 11 is 0. The van der Waals surface area contributed by atoms with Gasteiger partial charge in [-0.25, -0.2) is 9.13 Å². The first-order chi connectivity index (χ1) is 16.4. The van der Waals surface area contributed by atoms with Crippen molar-refractivity contribution in [2.24, 2.45) is 10.8 Å². The molecule has 0 saturated heterocycles. The smallest absolute Gasteiger partial charge is 0.381 e. The number of phosphoric acid groups is 2. The lowest BCUT2D eigenvalue weighted by Gasteiger charge is -2.32. The van der Waals surface area contributed by atoms with Crippen molar-refractivity contribution in [3.8, 4) is 0 Å². The Morgan fingerprint density at radius 2 is 0.857 bits per heavy atom. The van der Waals surface area contributed by atoms with E-state index < -0.39 is 15.6 Å². The molecule has 0 unspecified atom stereocenters. The van der Waals surface area contributed by atoms with Gasteiger partial charge in [-0.05, 0) is 55.8 Å². The van der Waals surface area contributed by atoms with Gasteiger partial charge in [0, 0.05) is 13.2 Å². The Morgan fingerprint density at radius 1 is 0.514 bits per heavy atom. The molecule has 35 heavy (non-hydrogen) atoms. The lowest BCUT2D eigenvalue weighted by atomic mass is 9.74.